The Morgan fingerprint density at radius 2 is 2.08 bits per heavy atom. The Bertz CT molecular complexity index is 669. The molecule has 0 radical (unpaired) electrons. The number of carboxylic acid groups (broad SMARTS) is 1. The first-order valence-electron chi connectivity index (χ1n) is 7.46. The summed E-state index contributed by atoms with van der Waals surface area (Å²) in [6.07, 6.45) is -0.0572. The second-order valence-electron chi connectivity index (χ2n) is 6.35. The predicted molar refractivity (Wildman–Crippen MR) is 91.4 cm³/mol. The van der Waals surface area contributed by atoms with Crippen molar-refractivity contribution in [2.24, 2.45) is 0 Å². The van der Waals surface area contributed by atoms with Crippen LogP contribution in [0.1, 0.15) is 49.2 Å². The summed E-state index contributed by atoms with van der Waals surface area (Å²) in [6, 6.07) is 4.40. The summed E-state index contributed by atoms with van der Waals surface area (Å²) in [7, 11) is 0. The van der Waals surface area contributed by atoms with Gasteiger partial charge in [-0.05, 0) is 51.2 Å². The molecule has 1 aliphatic heterocycles. The van der Waals surface area contributed by atoms with Crippen molar-refractivity contribution in [3.05, 3.63) is 29.3 Å². The van der Waals surface area contributed by atoms with E-state index in [0.717, 1.165) is 0 Å². The van der Waals surface area contributed by atoms with Gasteiger partial charge in [-0.15, -0.1) is 0 Å². The number of benzene rings is 1. The average molecular weight is 352 g/mol. The quantitative estimate of drug-likeness (QED) is 0.704. The number of ether oxygens (including phenoxy) is 2. The third-order valence-corrected chi connectivity index (χ3v) is 3.44. The molecular formula is C16H20N2O5S. The zero-order valence-electron chi connectivity index (χ0n) is 13.7. The standard InChI is InChI=1S/C16H20N2O5S/c1-16(2,3)23-15(21)18-14(24)17-11-6-7-22-12-5-4-9(13(19)20)8-10(11)12/h4-5,8,11H,6-7H2,1-3H3,(H,19,20)(H2,17,18,21,24)/t11-/m1/s1. The Kier molecular flexibility index (Phi) is 5.28. The maximum Gasteiger partial charge on any atom is 0.413 e. The summed E-state index contributed by atoms with van der Waals surface area (Å²) < 4.78 is 10.7. The van der Waals surface area contributed by atoms with Crippen molar-refractivity contribution in [1.29, 1.82) is 0 Å². The molecule has 1 heterocycles. The van der Waals surface area contributed by atoms with Crippen LogP contribution in [0.25, 0.3) is 0 Å². The van der Waals surface area contributed by atoms with Gasteiger partial charge < -0.3 is 19.9 Å². The molecule has 24 heavy (non-hydrogen) atoms. The topological polar surface area (TPSA) is 96.9 Å². The molecule has 0 fully saturated rings. The molecule has 0 bridgehead atoms. The Balaban J connectivity index is 2.06. The number of nitrogens with one attached hydrogen (secondary N) is 2. The monoisotopic (exact) mass is 352 g/mol. The Labute approximate surface area is 145 Å². The molecule has 0 saturated heterocycles. The zero-order valence-corrected chi connectivity index (χ0v) is 14.5. The van der Waals surface area contributed by atoms with E-state index in [2.05, 4.69) is 10.6 Å². The third kappa shape index (κ3) is 4.82. The van der Waals surface area contributed by atoms with Gasteiger partial charge in [0.1, 0.15) is 11.4 Å². The number of hydrogen-bond donors (Lipinski definition) is 3. The molecule has 7 nitrogen and oxygen atoms in total. The molecule has 0 saturated carbocycles. The largest absolute Gasteiger partial charge is 0.493 e. The molecule has 8 heteroatoms. The molecule has 0 spiro atoms. The van der Waals surface area contributed by atoms with Crippen LogP contribution in [-0.2, 0) is 4.74 Å². The first kappa shape index (κ1) is 18.0. The normalized spacial score (nSPS) is 16.4. The zero-order chi connectivity index (χ0) is 17.9. The molecule has 1 amide bonds. The lowest BCUT2D eigenvalue weighted by Gasteiger charge is -2.28. The summed E-state index contributed by atoms with van der Waals surface area (Å²) in [5.74, 6) is -0.416. The van der Waals surface area contributed by atoms with Crippen molar-refractivity contribution < 1.29 is 24.2 Å². The van der Waals surface area contributed by atoms with Crippen LogP contribution in [0, 0.1) is 0 Å². The Hall–Kier alpha value is -2.35. The van der Waals surface area contributed by atoms with Gasteiger partial charge in [0, 0.05) is 12.0 Å². The van der Waals surface area contributed by atoms with Crippen molar-refractivity contribution >= 4 is 29.4 Å². The number of carbonyl (C=O) groups excluding carboxylic acids is 1. The van der Waals surface area contributed by atoms with Crippen LogP contribution >= 0.6 is 12.2 Å². The van der Waals surface area contributed by atoms with Gasteiger partial charge in [0.25, 0.3) is 0 Å². The smallest absolute Gasteiger partial charge is 0.413 e. The SMILES string of the molecule is CC(C)(C)OC(=O)NC(=S)N[C@@H]1CCOc2ccc(C(=O)O)cc21. The number of alkyl carbamates (subject to hydrolysis) is 1. The fourth-order valence-electron chi connectivity index (χ4n) is 2.27. The van der Waals surface area contributed by atoms with Crippen LogP contribution in [-0.4, -0.2) is 34.5 Å². The Morgan fingerprint density at radius 3 is 2.71 bits per heavy atom. The second-order valence-corrected chi connectivity index (χ2v) is 6.76. The molecule has 1 atom stereocenters. The minimum Gasteiger partial charge on any atom is -0.493 e. The van der Waals surface area contributed by atoms with Crippen molar-refractivity contribution in [2.75, 3.05) is 6.61 Å². The van der Waals surface area contributed by atoms with Crippen LogP contribution in [0.3, 0.4) is 0 Å². The molecular weight excluding hydrogens is 332 g/mol. The second kappa shape index (κ2) is 7.04. The van der Waals surface area contributed by atoms with E-state index in [0.29, 0.717) is 24.3 Å². The number of carbonyl (C=O) groups is 2. The van der Waals surface area contributed by atoms with Gasteiger partial charge in [-0.3, -0.25) is 5.32 Å². The van der Waals surface area contributed by atoms with E-state index in [-0.39, 0.29) is 16.7 Å². The van der Waals surface area contributed by atoms with Crippen LogP contribution < -0.4 is 15.4 Å². The molecule has 0 aromatic heterocycles. The van der Waals surface area contributed by atoms with Crippen LogP contribution in [0.4, 0.5) is 4.79 Å². The van der Waals surface area contributed by atoms with Gasteiger partial charge >= 0.3 is 12.1 Å². The number of amides is 1. The van der Waals surface area contributed by atoms with Gasteiger partial charge in [-0.1, -0.05) is 0 Å². The number of thiocarbonyl (C=S) groups is 1. The number of rotatable bonds is 2. The highest BCUT2D eigenvalue weighted by molar-refractivity contribution is 7.80. The van der Waals surface area contributed by atoms with Gasteiger partial charge in [0.05, 0.1) is 18.2 Å². The summed E-state index contributed by atoms with van der Waals surface area (Å²) in [4.78, 5) is 22.9. The van der Waals surface area contributed by atoms with E-state index >= 15 is 0 Å². The van der Waals surface area contributed by atoms with E-state index in [1.165, 1.54) is 6.07 Å². The highest BCUT2D eigenvalue weighted by atomic mass is 32.1. The highest BCUT2D eigenvalue weighted by Gasteiger charge is 2.24. The minimum atomic E-state index is -1.02. The van der Waals surface area contributed by atoms with Gasteiger partial charge in [0.2, 0.25) is 0 Å². The molecule has 130 valence electrons. The maximum absolute atomic E-state index is 11.7. The molecule has 3 N–H and O–H groups in total. The molecule has 0 aliphatic carbocycles. The van der Waals surface area contributed by atoms with Crippen molar-refractivity contribution in [3.63, 3.8) is 0 Å². The first-order valence-corrected chi connectivity index (χ1v) is 7.87. The highest BCUT2D eigenvalue weighted by Crippen LogP contribution is 2.32. The van der Waals surface area contributed by atoms with Crippen molar-refractivity contribution in [2.45, 2.75) is 38.8 Å². The maximum atomic E-state index is 11.7. The van der Waals surface area contributed by atoms with Crippen molar-refractivity contribution in [1.82, 2.24) is 10.6 Å². The number of carboxylic acids is 1. The summed E-state index contributed by atoms with van der Waals surface area (Å²) >= 11 is 5.13. The summed E-state index contributed by atoms with van der Waals surface area (Å²) in [5.41, 5.74) is 0.230. The fourth-order valence-corrected chi connectivity index (χ4v) is 2.49. The summed E-state index contributed by atoms with van der Waals surface area (Å²) in [6.45, 7) is 5.73. The van der Waals surface area contributed by atoms with Crippen LogP contribution in [0.15, 0.2) is 18.2 Å². The van der Waals surface area contributed by atoms with E-state index in [9.17, 15) is 9.59 Å². The van der Waals surface area contributed by atoms with Gasteiger partial charge in [0.15, 0.2) is 5.11 Å². The van der Waals surface area contributed by atoms with Crippen LogP contribution in [0.5, 0.6) is 5.75 Å². The first-order chi connectivity index (χ1) is 11.2. The molecule has 1 aliphatic rings. The average Bonchev–Trinajstić information content (AvgIpc) is 2.44. The minimum absolute atomic E-state index is 0.114. The molecule has 2 rings (SSSR count). The predicted octanol–water partition coefficient (Wildman–Crippen LogP) is 2.61. The number of hydrogen-bond acceptors (Lipinski definition) is 5. The lowest BCUT2D eigenvalue weighted by atomic mass is 9.98. The van der Waals surface area contributed by atoms with Gasteiger partial charge in [-0.2, -0.15) is 0 Å². The van der Waals surface area contributed by atoms with E-state index < -0.39 is 17.7 Å². The third-order valence-electron chi connectivity index (χ3n) is 3.22. The Morgan fingerprint density at radius 1 is 1.38 bits per heavy atom. The molecule has 0 unspecified atom stereocenters. The summed E-state index contributed by atoms with van der Waals surface area (Å²) in [5, 5.41) is 14.7. The van der Waals surface area contributed by atoms with Crippen LogP contribution in [0.2, 0.25) is 0 Å². The van der Waals surface area contributed by atoms with E-state index in [1.807, 2.05) is 0 Å². The molecule has 1 aromatic rings. The van der Waals surface area contributed by atoms with Gasteiger partial charge in [-0.25, -0.2) is 9.59 Å². The fraction of sp³-hybridized carbons (Fsp3) is 0.438. The lowest BCUT2D eigenvalue weighted by Crippen LogP contribution is -2.44. The molecule has 1 aromatic carbocycles. The number of fused-ring (bicyclic) bond motifs is 1. The van der Waals surface area contributed by atoms with Crippen molar-refractivity contribution in [3.8, 4) is 5.75 Å². The lowest BCUT2D eigenvalue weighted by molar-refractivity contribution is 0.0561. The number of aromatic carboxylic acids is 1. The van der Waals surface area contributed by atoms with E-state index in [1.54, 1.807) is 32.9 Å². The van der Waals surface area contributed by atoms with E-state index in [4.69, 9.17) is 26.8 Å².